The fourth-order valence-electron chi connectivity index (χ4n) is 2.93. The molecule has 0 aromatic heterocycles. The third-order valence-corrected chi connectivity index (χ3v) is 4.12. The molecule has 0 saturated heterocycles. The lowest BCUT2D eigenvalue weighted by atomic mass is 9.85. The van der Waals surface area contributed by atoms with Gasteiger partial charge in [0.25, 0.3) is 0 Å². The second kappa shape index (κ2) is 5.25. The molecule has 1 aliphatic carbocycles. The van der Waals surface area contributed by atoms with Crippen LogP contribution in [-0.4, -0.2) is 41.3 Å². The summed E-state index contributed by atoms with van der Waals surface area (Å²) < 4.78 is 0. The van der Waals surface area contributed by atoms with Gasteiger partial charge in [0.05, 0.1) is 5.60 Å². The fraction of sp³-hybridized carbons (Fsp3) is 1.00. The highest BCUT2D eigenvalue weighted by Crippen LogP contribution is 2.40. The van der Waals surface area contributed by atoms with Crippen LogP contribution in [0.1, 0.15) is 47.5 Å². The molecule has 0 bridgehead atoms. The summed E-state index contributed by atoms with van der Waals surface area (Å²) in [6.07, 6.45) is 2.44. The molecule has 0 amide bonds. The second-order valence-corrected chi connectivity index (χ2v) is 6.95. The van der Waals surface area contributed by atoms with Crippen LogP contribution in [0.4, 0.5) is 0 Å². The van der Waals surface area contributed by atoms with Crippen LogP contribution in [0.2, 0.25) is 0 Å². The Kier molecular flexibility index (Phi) is 4.61. The van der Waals surface area contributed by atoms with E-state index in [1.165, 1.54) is 12.8 Å². The van der Waals surface area contributed by atoms with Crippen LogP contribution in [0.5, 0.6) is 0 Å². The predicted octanol–water partition coefficient (Wildman–Crippen LogP) is 1.84. The molecule has 17 heavy (non-hydrogen) atoms. The SMILES string of the molecule is CCN(CC1CCC(C)(C)C1N)CC(C)(C)O. The minimum absolute atomic E-state index is 0.277. The van der Waals surface area contributed by atoms with Crippen molar-refractivity contribution in [3.05, 3.63) is 0 Å². The van der Waals surface area contributed by atoms with Gasteiger partial charge in [0.1, 0.15) is 0 Å². The molecule has 0 aliphatic heterocycles. The van der Waals surface area contributed by atoms with E-state index in [1.54, 1.807) is 0 Å². The molecule has 3 nitrogen and oxygen atoms in total. The van der Waals surface area contributed by atoms with Gasteiger partial charge in [-0.2, -0.15) is 0 Å². The Morgan fingerprint density at radius 1 is 1.41 bits per heavy atom. The topological polar surface area (TPSA) is 49.5 Å². The van der Waals surface area contributed by atoms with Gasteiger partial charge in [-0.3, -0.25) is 0 Å². The van der Waals surface area contributed by atoms with Gasteiger partial charge >= 0.3 is 0 Å². The highest BCUT2D eigenvalue weighted by atomic mass is 16.3. The van der Waals surface area contributed by atoms with E-state index in [1.807, 2.05) is 13.8 Å². The zero-order valence-electron chi connectivity index (χ0n) is 12.2. The van der Waals surface area contributed by atoms with Crippen LogP contribution >= 0.6 is 0 Å². The van der Waals surface area contributed by atoms with Crippen molar-refractivity contribution >= 4 is 0 Å². The average molecular weight is 242 g/mol. The van der Waals surface area contributed by atoms with E-state index >= 15 is 0 Å². The summed E-state index contributed by atoms with van der Waals surface area (Å²) in [7, 11) is 0. The predicted molar refractivity (Wildman–Crippen MR) is 72.9 cm³/mol. The van der Waals surface area contributed by atoms with Crippen LogP contribution < -0.4 is 5.73 Å². The van der Waals surface area contributed by atoms with E-state index in [4.69, 9.17) is 5.73 Å². The number of nitrogens with two attached hydrogens (primary N) is 1. The van der Waals surface area contributed by atoms with E-state index in [0.29, 0.717) is 12.0 Å². The van der Waals surface area contributed by atoms with Crippen molar-refractivity contribution in [1.82, 2.24) is 4.90 Å². The van der Waals surface area contributed by atoms with E-state index in [0.717, 1.165) is 19.6 Å². The van der Waals surface area contributed by atoms with Crippen LogP contribution in [0.15, 0.2) is 0 Å². The van der Waals surface area contributed by atoms with Gasteiger partial charge in [-0.15, -0.1) is 0 Å². The quantitative estimate of drug-likeness (QED) is 0.773. The number of likely N-dealkylation sites (N-methyl/N-ethyl adjacent to an activating group) is 1. The van der Waals surface area contributed by atoms with Gasteiger partial charge in [-0.25, -0.2) is 0 Å². The molecule has 3 N–H and O–H groups in total. The summed E-state index contributed by atoms with van der Waals surface area (Å²) in [6.45, 7) is 13.2. The van der Waals surface area contributed by atoms with Gasteiger partial charge < -0.3 is 15.7 Å². The lowest BCUT2D eigenvalue weighted by Gasteiger charge is -2.33. The van der Waals surface area contributed by atoms with E-state index < -0.39 is 5.60 Å². The zero-order chi connectivity index (χ0) is 13.3. The molecule has 3 heteroatoms. The molecule has 1 fully saturated rings. The Hall–Kier alpha value is -0.120. The molecule has 2 unspecified atom stereocenters. The molecule has 2 atom stereocenters. The van der Waals surface area contributed by atoms with Crippen molar-refractivity contribution in [2.24, 2.45) is 17.1 Å². The van der Waals surface area contributed by atoms with Crippen molar-refractivity contribution in [2.75, 3.05) is 19.6 Å². The largest absolute Gasteiger partial charge is 0.389 e. The van der Waals surface area contributed by atoms with Gasteiger partial charge in [-0.05, 0) is 44.6 Å². The van der Waals surface area contributed by atoms with E-state index in [2.05, 4.69) is 25.7 Å². The number of aliphatic hydroxyl groups is 1. The van der Waals surface area contributed by atoms with Crippen molar-refractivity contribution in [2.45, 2.75) is 59.1 Å². The average Bonchev–Trinajstić information content (AvgIpc) is 2.42. The summed E-state index contributed by atoms with van der Waals surface area (Å²) in [4.78, 5) is 2.33. The summed E-state index contributed by atoms with van der Waals surface area (Å²) in [5.74, 6) is 0.576. The van der Waals surface area contributed by atoms with E-state index in [9.17, 15) is 5.11 Å². The Labute approximate surface area is 106 Å². The number of rotatable bonds is 5. The molecule has 0 spiro atoms. The Morgan fingerprint density at radius 3 is 2.35 bits per heavy atom. The van der Waals surface area contributed by atoms with Crippen molar-refractivity contribution in [3.8, 4) is 0 Å². The molecule has 0 aromatic rings. The maximum Gasteiger partial charge on any atom is 0.0718 e. The van der Waals surface area contributed by atoms with E-state index in [-0.39, 0.29) is 5.41 Å². The van der Waals surface area contributed by atoms with Crippen molar-refractivity contribution in [3.63, 3.8) is 0 Å². The second-order valence-electron chi connectivity index (χ2n) is 6.95. The first-order valence-electron chi connectivity index (χ1n) is 6.86. The molecule has 0 aromatic carbocycles. The van der Waals surface area contributed by atoms with Gasteiger partial charge in [0.2, 0.25) is 0 Å². The molecule has 1 rings (SSSR count). The summed E-state index contributed by atoms with van der Waals surface area (Å²) in [5, 5.41) is 9.89. The molecule has 102 valence electrons. The third kappa shape index (κ3) is 4.23. The minimum Gasteiger partial charge on any atom is -0.389 e. The van der Waals surface area contributed by atoms with Gasteiger partial charge in [0, 0.05) is 19.1 Å². The summed E-state index contributed by atoms with van der Waals surface area (Å²) in [6, 6.07) is 0.290. The maximum atomic E-state index is 9.89. The van der Waals surface area contributed by atoms with Crippen LogP contribution in [0.25, 0.3) is 0 Å². The molecule has 0 heterocycles. The molecule has 0 radical (unpaired) electrons. The van der Waals surface area contributed by atoms with Gasteiger partial charge in [-0.1, -0.05) is 20.8 Å². The highest BCUT2D eigenvalue weighted by Gasteiger charge is 2.39. The summed E-state index contributed by atoms with van der Waals surface area (Å²) in [5.41, 5.74) is 5.99. The number of nitrogens with zero attached hydrogens (tertiary/aromatic N) is 1. The van der Waals surface area contributed by atoms with Crippen LogP contribution in [0, 0.1) is 11.3 Å². The smallest absolute Gasteiger partial charge is 0.0718 e. The Morgan fingerprint density at radius 2 is 2.00 bits per heavy atom. The number of hydrogen-bond donors (Lipinski definition) is 2. The monoisotopic (exact) mass is 242 g/mol. The molecule has 1 aliphatic rings. The lowest BCUT2D eigenvalue weighted by Crippen LogP contribution is -2.45. The first-order valence-corrected chi connectivity index (χ1v) is 6.86. The maximum absolute atomic E-state index is 9.89. The Bertz CT molecular complexity index is 245. The molecular formula is C14H30N2O. The minimum atomic E-state index is -0.617. The van der Waals surface area contributed by atoms with Crippen LogP contribution in [0.3, 0.4) is 0 Å². The summed E-state index contributed by atoms with van der Waals surface area (Å²) >= 11 is 0. The number of hydrogen-bond acceptors (Lipinski definition) is 3. The van der Waals surface area contributed by atoms with Gasteiger partial charge in [0.15, 0.2) is 0 Å². The highest BCUT2D eigenvalue weighted by molar-refractivity contribution is 4.95. The van der Waals surface area contributed by atoms with Crippen LogP contribution in [-0.2, 0) is 0 Å². The zero-order valence-corrected chi connectivity index (χ0v) is 12.2. The van der Waals surface area contributed by atoms with Crippen molar-refractivity contribution < 1.29 is 5.11 Å². The first kappa shape index (κ1) is 14.9. The van der Waals surface area contributed by atoms with Crippen molar-refractivity contribution in [1.29, 1.82) is 0 Å². The standard InChI is InChI=1S/C14H30N2O/c1-6-16(10-14(4,5)17)9-11-7-8-13(2,3)12(11)15/h11-12,17H,6-10,15H2,1-5H3. The molecular weight excluding hydrogens is 212 g/mol. The lowest BCUT2D eigenvalue weighted by molar-refractivity contribution is 0.0316. The first-order chi connectivity index (χ1) is 7.65. The fourth-order valence-corrected chi connectivity index (χ4v) is 2.93. The third-order valence-electron chi connectivity index (χ3n) is 4.12. The Balaban J connectivity index is 2.53. The normalized spacial score (nSPS) is 28.9. The molecule has 1 saturated carbocycles.